The highest BCUT2D eigenvalue weighted by molar-refractivity contribution is 6.09. The Hall–Kier alpha value is -2.92. The summed E-state index contributed by atoms with van der Waals surface area (Å²) in [5, 5.41) is 0. The molecular formula is C22H24N4O. The maximum absolute atomic E-state index is 5.56. The molecule has 27 heavy (non-hydrogen) atoms. The summed E-state index contributed by atoms with van der Waals surface area (Å²) < 4.78 is 5.56. The summed E-state index contributed by atoms with van der Waals surface area (Å²) in [6.45, 7) is 1.82. The quantitative estimate of drug-likeness (QED) is 0.838. The highest BCUT2D eigenvalue weighted by atomic mass is 16.5. The molecule has 0 bridgehead atoms. The number of allylic oxidation sites excluding steroid dienone is 1. The Labute approximate surface area is 160 Å². The number of rotatable bonds is 4. The lowest BCUT2D eigenvalue weighted by atomic mass is 10.00. The first-order valence-corrected chi connectivity index (χ1v) is 9.21. The molecule has 0 saturated heterocycles. The molecule has 1 aromatic heterocycles. The minimum atomic E-state index is -0.0171. The van der Waals surface area contributed by atoms with Crippen molar-refractivity contribution in [1.82, 2.24) is 14.8 Å². The summed E-state index contributed by atoms with van der Waals surface area (Å²) in [6.07, 6.45) is 11.1. The second-order valence-corrected chi connectivity index (χ2v) is 6.77. The number of hydrogen-bond donors (Lipinski definition) is 0. The molecule has 0 spiro atoms. The van der Waals surface area contributed by atoms with Crippen LogP contribution in [0.3, 0.4) is 0 Å². The second kappa shape index (κ2) is 7.76. The van der Waals surface area contributed by atoms with Crippen molar-refractivity contribution in [2.45, 2.75) is 12.7 Å². The van der Waals surface area contributed by atoms with Crippen LogP contribution in [0.4, 0.5) is 0 Å². The van der Waals surface area contributed by atoms with Gasteiger partial charge in [0.2, 0.25) is 0 Å². The topological polar surface area (TPSA) is 41.0 Å². The third-order valence-corrected chi connectivity index (χ3v) is 5.02. The number of hydrogen-bond acceptors (Lipinski definition) is 5. The number of nitrogens with zero attached hydrogens (tertiary/aromatic N) is 4. The molecule has 2 aliphatic rings. The third-order valence-electron chi connectivity index (χ3n) is 5.02. The van der Waals surface area contributed by atoms with E-state index in [1.807, 2.05) is 36.7 Å². The predicted octanol–water partition coefficient (Wildman–Crippen LogP) is 3.41. The fraction of sp³-hybridized carbons (Fsp3) is 0.273. The van der Waals surface area contributed by atoms with E-state index in [1.165, 1.54) is 5.57 Å². The van der Waals surface area contributed by atoms with Crippen molar-refractivity contribution in [2.24, 2.45) is 4.99 Å². The zero-order valence-corrected chi connectivity index (χ0v) is 15.7. The van der Waals surface area contributed by atoms with Crippen LogP contribution in [0, 0.1) is 0 Å². The highest BCUT2D eigenvalue weighted by Gasteiger charge is 2.27. The number of para-hydroxylation sites is 1. The number of benzene rings is 1. The van der Waals surface area contributed by atoms with E-state index in [2.05, 4.69) is 52.3 Å². The van der Waals surface area contributed by atoms with Gasteiger partial charge in [-0.25, -0.2) is 4.99 Å². The lowest BCUT2D eigenvalue weighted by Gasteiger charge is -2.38. The Morgan fingerprint density at radius 3 is 2.74 bits per heavy atom. The molecule has 0 fully saturated rings. The first-order chi connectivity index (χ1) is 13.3. The first-order valence-electron chi connectivity index (χ1n) is 9.21. The maximum Gasteiger partial charge on any atom is 0.179 e. The van der Waals surface area contributed by atoms with Gasteiger partial charge in [0.1, 0.15) is 5.75 Å². The zero-order chi connectivity index (χ0) is 18.6. The van der Waals surface area contributed by atoms with E-state index >= 15 is 0 Å². The van der Waals surface area contributed by atoms with E-state index in [4.69, 9.17) is 9.73 Å². The number of methoxy groups -OCH3 is 1. The smallest absolute Gasteiger partial charge is 0.179 e. The predicted molar refractivity (Wildman–Crippen MR) is 109 cm³/mol. The standard InChI is InChI=1S/C22H24N4O/c1-25-15-11-20(17-9-12-23-13-10-17)24-22(25)26-14-5-6-18(16-26)19-7-3-4-8-21(19)27-2/h3-4,6-13,15,22H,5,14,16H2,1-2H3. The van der Waals surface area contributed by atoms with Gasteiger partial charge in [0.25, 0.3) is 0 Å². The van der Waals surface area contributed by atoms with E-state index in [1.54, 1.807) is 7.11 Å². The van der Waals surface area contributed by atoms with Crippen molar-refractivity contribution in [1.29, 1.82) is 0 Å². The van der Waals surface area contributed by atoms with Crippen LogP contribution < -0.4 is 4.74 Å². The Kier molecular flexibility index (Phi) is 5.03. The molecule has 2 aliphatic heterocycles. The van der Waals surface area contributed by atoms with Gasteiger partial charge in [-0.1, -0.05) is 24.3 Å². The molecule has 0 radical (unpaired) electrons. The molecule has 0 N–H and O–H groups in total. The molecule has 0 aliphatic carbocycles. The first kappa shape index (κ1) is 17.5. The molecule has 4 rings (SSSR count). The van der Waals surface area contributed by atoms with Crippen molar-refractivity contribution in [3.8, 4) is 5.75 Å². The Bertz CT molecular complexity index is 888. The monoisotopic (exact) mass is 360 g/mol. The number of pyridine rings is 1. The zero-order valence-electron chi connectivity index (χ0n) is 15.7. The van der Waals surface area contributed by atoms with Gasteiger partial charge in [0.15, 0.2) is 6.29 Å². The van der Waals surface area contributed by atoms with Crippen LogP contribution in [0.15, 0.2) is 72.1 Å². The van der Waals surface area contributed by atoms with E-state index in [9.17, 15) is 0 Å². The summed E-state index contributed by atoms with van der Waals surface area (Å²) in [6, 6.07) is 12.2. The van der Waals surface area contributed by atoms with Crippen LogP contribution in [-0.4, -0.2) is 54.0 Å². The average molecular weight is 360 g/mol. The van der Waals surface area contributed by atoms with E-state index in [0.717, 1.165) is 42.1 Å². The molecule has 5 heteroatoms. The minimum Gasteiger partial charge on any atom is -0.496 e. The van der Waals surface area contributed by atoms with Crippen LogP contribution in [0.25, 0.3) is 5.57 Å². The fourth-order valence-corrected chi connectivity index (χ4v) is 3.63. The SMILES string of the molecule is COc1ccccc1C1=CCCN(C2N=C(c3ccncc3)C=CN2C)C1. The summed E-state index contributed by atoms with van der Waals surface area (Å²) in [7, 11) is 3.81. The maximum atomic E-state index is 5.56. The van der Waals surface area contributed by atoms with Gasteiger partial charge in [-0.05, 0) is 36.3 Å². The van der Waals surface area contributed by atoms with Gasteiger partial charge >= 0.3 is 0 Å². The number of aromatic nitrogens is 1. The summed E-state index contributed by atoms with van der Waals surface area (Å²) in [5.74, 6) is 0.920. The number of ether oxygens (including phenoxy) is 1. The van der Waals surface area contributed by atoms with Gasteiger partial charge < -0.3 is 9.64 Å². The summed E-state index contributed by atoms with van der Waals surface area (Å²) in [4.78, 5) is 13.7. The molecular weight excluding hydrogens is 336 g/mol. The van der Waals surface area contributed by atoms with E-state index in [0.29, 0.717) is 0 Å². The molecule has 1 atom stereocenters. The third kappa shape index (κ3) is 3.64. The van der Waals surface area contributed by atoms with Gasteiger partial charge in [-0.3, -0.25) is 9.88 Å². The summed E-state index contributed by atoms with van der Waals surface area (Å²) >= 11 is 0. The van der Waals surface area contributed by atoms with Crippen molar-refractivity contribution >= 4 is 11.3 Å². The van der Waals surface area contributed by atoms with E-state index in [-0.39, 0.29) is 6.29 Å². The number of aliphatic imine (C=N–C) groups is 1. The van der Waals surface area contributed by atoms with Crippen LogP contribution in [0.5, 0.6) is 5.75 Å². The molecule has 2 aromatic rings. The fourth-order valence-electron chi connectivity index (χ4n) is 3.63. The lowest BCUT2D eigenvalue weighted by Crippen LogP contribution is -2.47. The molecule has 0 amide bonds. The van der Waals surface area contributed by atoms with Crippen molar-refractivity contribution in [3.63, 3.8) is 0 Å². The summed E-state index contributed by atoms with van der Waals surface area (Å²) in [5.41, 5.74) is 4.55. The highest BCUT2D eigenvalue weighted by Crippen LogP contribution is 2.30. The van der Waals surface area contributed by atoms with Gasteiger partial charge in [0.05, 0.1) is 12.8 Å². The normalized spacial score (nSPS) is 20.2. The lowest BCUT2D eigenvalue weighted by molar-refractivity contribution is 0.111. The van der Waals surface area contributed by atoms with Gasteiger partial charge in [-0.15, -0.1) is 0 Å². The van der Waals surface area contributed by atoms with Crippen LogP contribution >= 0.6 is 0 Å². The van der Waals surface area contributed by atoms with Crippen LogP contribution in [0.2, 0.25) is 0 Å². The van der Waals surface area contributed by atoms with Crippen LogP contribution in [-0.2, 0) is 0 Å². The molecule has 138 valence electrons. The van der Waals surface area contributed by atoms with Gasteiger partial charge in [-0.2, -0.15) is 0 Å². The van der Waals surface area contributed by atoms with Crippen molar-refractivity contribution in [2.75, 3.05) is 27.2 Å². The Balaban J connectivity index is 1.59. The minimum absolute atomic E-state index is 0.0171. The molecule has 0 saturated carbocycles. The molecule has 1 unspecified atom stereocenters. The second-order valence-electron chi connectivity index (χ2n) is 6.77. The Morgan fingerprint density at radius 1 is 1.11 bits per heavy atom. The van der Waals surface area contributed by atoms with Crippen molar-refractivity contribution in [3.05, 3.63) is 78.3 Å². The average Bonchev–Trinajstić information content (AvgIpc) is 2.75. The largest absolute Gasteiger partial charge is 0.496 e. The van der Waals surface area contributed by atoms with Crippen molar-refractivity contribution < 1.29 is 4.74 Å². The van der Waals surface area contributed by atoms with E-state index < -0.39 is 0 Å². The Morgan fingerprint density at radius 2 is 1.93 bits per heavy atom. The molecule has 3 heterocycles. The van der Waals surface area contributed by atoms with Gasteiger partial charge in [0, 0.05) is 49.9 Å². The molecule has 1 aromatic carbocycles. The van der Waals surface area contributed by atoms with Crippen LogP contribution in [0.1, 0.15) is 17.5 Å². The molecule has 5 nitrogen and oxygen atoms in total.